The smallest absolute Gasteiger partial charge is 0.119 e. The number of rotatable bonds is 43. The molecule has 658 valence electrons. The molecule has 0 amide bonds. The second-order valence-corrected chi connectivity index (χ2v) is 37.1. The fourth-order valence-corrected chi connectivity index (χ4v) is 12.5. The largest absolute Gasteiger partial charge is 0.494 e. The SMILES string of the molecule is C.CC(C)C1CCCCC1.CC(C)CCCN1CCN(C)CC1.CC(C)CCN1CCCCC1.CC(C)CCOc1ccccc1.CCC(CO)C(C)C.CCC(O)CC(C)C.CCCCC(C)C.CCCCCC(C)C.CCCCCCC(C)C.CCCCCCCC(C)C.CCCN(CCO)CCC(C)C. The van der Waals surface area contributed by atoms with Gasteiger partial charge in [-0.3, -0.25) is 0 Å². The zero-order chi connectivity index (χ0) is 82.9. The van der Waals surface area contributed by atoms with E-state index in [-0.39, 0.29) is 20.1 Å². The summed E-state index contributed by atoms with van der Waals surface area (Å²) >= 11 is 0. The number of likely N-dealkylation sites (N-methyl/N-ethyl adjacent to an activating group) is 1. The molecular formula is C100H214N4O4. The molecule has 2 unspecified atom stereocenters. The van der Waals surface area contributed by atoms with Crippen molar-refractivity contribution in [3.63, 3.8) is 0 Å². The molecule has 0 spiro atoms. The van der Waals surface area contributed by atoms with E-state index in [1.807, 2.05) is 37.3 Å². The van der Waals surface area contributed by atoms with Crippen molar-refractivity contribution < 1.29 is 20.1 Å². The fraction of sp³-hybridized carbons (Fsp3) is 0.940. The van der Waals surface area contributed by atoms with Gasteiger partial charge in [-0.05, 0) is 200 Å². The number of piperazine rings is 1. The quantitative estimate of drug-likeness (QED) is 0.0558. The van der Waals surface area contributed by atoms with Gasteiger partial charge in [0.25, 0.3) is 0 Å². The van der Waals surface area contributed by atoms with Crippen LogP contribution in [-0.4, -0.2) is 140 Å². The highest BCUT2D eigenvalue weighted by molar-refractivity contribution is 5.20. The van der Waals surface area contributed by atoms with E-state index in [1.165, 1.54) is 251 Å². The molecule has 1 aromatic rings. The maximum absolute atomic E-state index is 9.03. The summed E-state index contributed by atoms with van der Waals surface area (Å²) in [7, 11) is 2.21. The number of para-hydroxylation sites is 1. The average Bonchev–Trinajstić information content (AvgIpc) is 0.940. The predicted octanol–water partition coefficient (Wildman–Crippen LogP) is 30.0. The van der Waals surface area contributed by atoms with Gasteiger partial charge in [-0.2, -0.15) is 0 Å². The number of nitrogens with zero attached hydrogens (tertiary/aromatic N) is 4. The molecule has 2 atom stereocenters. The van der Waals surface area contributed by atoms with Gasteiger partial charge >= 0.3 is 0 Å². The number of aliphatic hydroxyl groups is 3. The molecule has 3 N–H and O–H groups in total. The van der Waals surface area contributed by atoms with Crippen LogP contribution < -0.4 is 4.74 Å². The highest BCUT2D eigenvalue weighted by Crippen LogP contribution is 2.29. The number of likely N-dealkylation sites (tertiary alicyclic amines) is 1. The summed E-state index contributed by atoms with van der Waals surface area (Å²) in [4.78, 5) is 9.96. The van der Waals surface area contributed by atoms with Crippen molar-refractivity contribution in [2.24, 2.45) is 76.9 Å². The van der Waals surface area contributed by atoms with Crippen LogP contribution in [0.5, 0.6) is 5.75 Å². The number of unbranched alkanes of at least 4 members (excludes halogenated alkanes) is 10. The highest BCUT2D eigenvalue weighted by atomic mass is 16.5. The molecule has 0 radical (unpaired) electrons. The Kier molecular flexibility index (Phi) is 107. The topological polar surface area (TPSA) is 82.9 Å². The second-order valence-electron chi connectivity index (χ2n) is 37.1. The van der Waals surface area contributed by atoms with Crippen LogP contribution in [0.2, 0.25) is 0 Å². The molecule has 1 aromatic carbocycles. The van der Waals surface area contributed by atoms with Crippen LogP contribution in [0.25, 0.3) is 0 Å². The van der Waals surface area contributed by atoms with Gasteiger partial charge in [0.2, 0.25) is 0 Å². The van der Waals surface area contributed by atoms with Crippen LogP contribution >= 0.6 is 0 Å². The van der Waals surface area contributed by atoms with Gasteiger partial charge in [0.1, 0.15) is 5.75 Å². The van der Waals surface area contributed by atoms with E-state index in [4.69, 9.17) is 20.1 Å². The number of hydrogen-bond acceptors (Lipinski definition) is 8. The van der Waals surface area contributed by atoms with Crippen LogP contribution in [0.15, 0.2) is 30.3 Å². The Bertz CT molecular complexity index is 1670. The summed E-state index contributed by atoms with van der Waals surface area (Å²) in [5.41, 5.74) is 0. The molecule has 2 saturated heterocycles. The maximum atomic E-state index is 9.03. The summed E-state index contributed by atoms with van der Waals surface area (Å²) in [5.74, 6) is 11.6. The second kappa shape index (κ2) is 94.6. The molecule has 8 nitrogen and oxygen atoms in total. The minimum absolute atomic E-state index is 0. The van der Waals surface area contributed by atoms with Crippen molar-refractivity contribution in [1.29, 1.82) is 0 Å². The molecule has 1 saturated carbocycles. The Morgan fingerprint density at radius 3 is 1.16 bits per heavy atom. The molecule has 3 fully saturated rings. The number of benzene rings is 1. The molecule has 2 aliphatic heterocycles. The van der Waals surface area contributed by atoms with Gasteiger partial charge in [0, 0.05) is 39.3 Å². The predicted molar refractivity (Wildman–Crippen MR) is 497 cm³/mol. The van der Waals surface area contributed by atoms with E-state index >= 15 is 0 Å². The summed E-state index contributed by atoms with van der Waals surface area (Å²) in [5, 5.41) is 26.5. The van der Waals surface area contributed by atoms with E-state index in [1.54, 1.807) is 0 Å². The number of piperidine rings is 1. The lowest BCUT2D eigenvalue weighted by atomic mass is 9.82. The Morgan fingerprint density at radius 2 is 0.806 bits per heavy atom. The Balaban J connectivity index is -0.000000170. The van der Waals surface area contributed by atoms with E-state index in [2.05, 4.69) is 221 Å². The lowest BCUT2D eigenvalue weighted by Gasteiger charge is -2.32. The molecule has 0 bridgehead atoms. The number of aliphatic hydroxyl groups excluding tert-OH is 3. The van der Waals surface area contributed by atoms with Gasteiger partial charge in [0.15, 0.2) is 0 Å². The zero-order valence-corrected chi connectivity index (χ0v) is 79.7. The van der Waals surface area contributed by atoms with E-state index in [0.29, 0.717) is 30.3 Å². The standard InChI is InChI=1S/C11H24N2.C11H16O.C10H23NO.C10H21N.C10H22.C9H18.C9H20.C8H18.2C7H16O.C7H16.CH4/c1-11(2)5-4-6-13-9-7-12(3)8-10-13;1-10(2)8-9-12-11-6-4-3-5-7-11;1-4-6-11(8-9-12)7-5-10(2)3;1-10(2)6-9-11-7-4-3-5-8-11;1-4-5-6-7-8-9-10(2)3;1-8(2)9-6-4-3-5-7-9;1-4-5-6-7-8-9(2)3;1-4-5-6-7-8(2)3;1-4-7(5-8)6(2)3;1-4-7(8)5-6(2)3;1-4-5-6-7(2)3;/h11H,4-10H2,1-3H3;3-7,10H,8-9H2,1-2H3;10,12H,4-9H2,1-3H3;10H,3-9H2,1-2H3;10H,4-9H2,1-3H3;8-9H,3-7H2,1-2H3;9H,4-8H2,1-3H3;8H,4-7H2,1-3H3;2*6-8H,4-5H2,1-3H3;7H,4-6H2,1-3H3;1H4. The summed E-state index contributed by atoms with van der Waals surface area (Å²) in [6.07, 6.45) is 47.7. The third-order valence-electron chi connectivity index (χ3n) is 20.6. The van der Waals surface area contributed by atoms with Crippen LogP contribution in [-0.2, 0) is 0 Å². The maximum Gasteiger partial charge on any atom is 0.119 e. The van der Waals surface area contributed by atoms with E-state index in [9.17, 15) is 0 Å². The number of ether oxygens (including phenoxy) is 1. The van der Waals surface area contributed by atoms with Crippen molar-refractivity contribution in [2.45, 2.75) is 439 Å². The van der Waals surface area contributed by atoms with E-state index in [0.717, 1.165) is 111 Å². The van der Waals surface area contributed by atoms with Gasteiger partial charge < -0.3 is 39.7 Å². The molecule has 0 aromatic heterocycles. The summed E-state index contributed by atoms with van der Waals surface area (Å²) < 4.78 is 5.52. The summed E-state index contributed by atoms with van der Waals surface area (Å²) in [6.45, 7) is 79.9. The monoisotopic (exact) mass is 1540 g/mol. The highest BCUT2D eigenvalue weighted by Gasteiger charge is 2.17. The van der Waals surface area contributed by atoms with Crippen LogP contribution in [0.3, 0.4) is 0 Å². The fourth-order valence-electron chi connectivity index (χ4n) is 12.5. The van der Waals surface area contributed by atoms with Gasteiger partial charge in [-0.15, -0.1) is 0 Å². The molecule has 2 heterocycles. The minimum atomic E-state index is -0.0741. The third kappa shape index (κ3) is 111. The molecule has 108 heavy (non-hydrogen) atoms. The van der Waals surface area contributed by atoms with Crippen molar-refractivity contribution in [3.8, 4) is 5.75 Å². The Hall–Kier alpha value is -1.26. The van der Waals surface area contributed by atoms with Gasteiger partial charge in [0.05, 0.1) is 19.3 Å². The van der Waals surface area contributed by atoms with Crippen LogP contribution in [0.1, 0.15) is 433 Å². The van der Waals surface area contributed by atoms with Crippen LogP contribution in [0, 0.1) is 76.9 Å². The lowest BCUT2D eigenvalue weighted by molar-refractivity contribution is 0.145. The van der Waals surface area contributed by atoms with Crippen molar-refractivity contribution in [1.82, 2.24) is 19.6 Å². The molecule has 4 rings (SSSR count). The van der Waals surface area contributed by atoms with Crippen molar-refractivity contribution >= 4 is 0 Å². The minimum Gasteiger partial charge on any atom is -0.494 e. The summed E-state index contributed by atoms with van der Waals surface area (Å²) in [6, 6.07) is 9.95. The first-order chi connectivity index (χ1) is 50.7. The first kappa shape index (κ1) is 122. The lowest BCUT2D eigenvalue weighted by Crippen LogP contribution is -2.44. The Labute approximate surface area is 686 Å². The van der Waals surface area contributed by atoms with Crippen molar-refractivity contribution in [3.05, 3.63) is 30.3 Å². The Morgan fingerprint density at radius 1 is 0.398 bits per heavy atom. The molecular weight excluding hydrogens is 1320 g/mol. The van der Waals surface area contributed by atoms with Gasteiger partial charge in [-0.25, -0.2) is 0 Å². The zero-order valence-electron chi connectivity index (χ0n) is 79.7. The molecule has 1 aliphatic carbocycles. The molecule has 3 aliphatic rings. The molecule has 8 heteroatoms. The first-order valence-electron chi connectivity index (χ1n) is 47.2. The normalized spacial score (nSPS) is 14.5. The van der Waals surface area contributed by atoms with Gasteiger partial charge in [-0.1, -0.05) is 387 Å². The van der Waals surface area contributed by atoms with Crippen molar-refractivity contribution in [2.75, 3.05) is 98.9 Å². The third-order valence-corrected chi connectivity index (χ3v) is 20.6. The average molecular weight is 1540 g/mol. The number of hydrogen-bond donors (Lipinski definition) is 3. The van der Waals surface area contributed by atoms with Crippen LogP contribution in [0.4, 0.5) is 0 Å². The van der Waals surface area contributed by atoms with E-state index < -0.39 is 0 Å². The first-order valence-corrected chi connectivity index (χ1v) is 47.2.